The second-order valence-electron chi connectivity index (χ2n) is 16.5. The molecular weight excluding hydrogens is 551 g/mol. The first-order valence-corrected chi connectivity index (χ1v) is 25.8. The van der Waals surface area contributed by atoms with Gasteiger partial charge in [0.1, 0.15) is 12.9 Å². The molecule has 3 saturated carbocycles. The maximum absolute atomic E-state index is 14.5. The minimum Gasteiger partial charge on any atom is -0.415 e. The van der Waals surface area contributed by atoms with Crippen molar-refractivity contribution < 1.29 is 22.9 Å². The predicted molar refractivity (Wildman–Crippen MR) is 171 cm³/mol. The molecule has 4 aliphatic rings. The van der Waals surface area contributed by atoms with E-state index in [4.69, 9.17) is 18.1 Å². The van der Waals surface area contributed by atoms with Crippen molar-refractivity contribution in [1.29, 1.82) is 0 Å². The fourth-order valence-electron chi connectivity index (χ4n) is 8.93. The predicted octanol–water partition coefficient (Wildman–Crippen LogP) is 7.79. The monoisotopic (exact) mass is 607 g/mol. The van der Waals surface area contributed by atoms with E-state index in [2.05, 4.69) is 84.0 Å². The Morgan fingerprint density at radius 3 is 2.20 bits per heavy atom. The van der Waals surface area contributed by atoms with Gasteiger partial charge in [-0.15, -0.1) is 0 Å². The van der Waals surface area contributed by atoms with Gasteiger partial charge in [0.05, 0.1) is 24.0 Å². The molecule has 0 radical (unpaired) electrons. The Hall–Kier alpha value is -0.589. The standard InChI is InChI=1S/C31H57NO5Si3/c1-29-17-15-23(32-34-3)19-22(29)13-14-24-25-16-18-31(37-40(10,11)12,30(25,2)20-26(33)28(24)29)27(36-39(7,8)9)21-35-38(4,5)6/h19,24-25,27-28H,13-18,20-21H2,1-12H3/b32-23+/t24-,25-,27-,28+,29-,30-,31-/m0/s1. The highest BCUT2D eigenvalue weighted by Crippen LogP contribution is 2.68. The van der Waals surface area contributed by atoms with Crippen LogP contribution in [0.5, 0.6) is 0 Å². The van der Waals surface area contributed by atoms with Crippen LogP contribution in [-0.4, -0.2) is 61.9 Å². The highest BCUT2D eigenvalue weighted by atomic mass is 28.4. The van der Waals surface area contributed by atoms with E-state index in [1.807, 2.05) is 0 Å². The fourth-order valence-corrected chi connectivity index (χ4v) is 12.3. The summed E-state index contributed by atoms with van der Waals surface area (Å²) in [7, 11) is -4.12. The summed E-state index contributed by atoms with van der Waals surface area (Å²) in [6, 6.07) is 0. The topological polar surface area (TPSA) is 66.4 Å². The van der Waals surface area contributed by atoms with Crippen molar-refractivity contribution in [3.05, 3.63) is 11.6 Å². The lowest BCUT2D eigenvalue weighted by Gasteiger charge is -2.61. The average molecular weight is 608 g/mol. The smallest absolute Gasteiger partial charge is 0.184 e. The number of rotatable bonds is 9. The van der Waals surface area contributed by atoms with Crippen LogP contribution in [0.3, 0.4) is 0 Å². The molecule has 0 aromatic rings. The van der Waals surface area contributed by atoms with E-state index in [1.165, 1.54) is 5.57 Å². The van der Waals surface area contributed by atoms with Crippen LogP contribution in [-0.2, 0) is 22.9 Å². The molecule has 6 nitrogen and oxygen atoms in total. The third kappa shape index (κ3) is 6.07. The van der Waals surface area contributed by atoms with Gasteiger partial charge in [0, 0.05) is 17.8 Å². The number of carbonyl (C=O) groups is 1. The molecular formula is C31H57NO5Si3. The zero-order valence-electron chi connectivity index (χ0n) is 27.5. The molecule has 0 heterocycles. The van der Waals surface area contributed by atoms with Gasteiger partial charge in [0.2, 0.25) is 0 Å². The Bertz CT molecular complexity index is 1040. The second kappa shape index (κ2) is 10.8. The maximum atomic E-state index is 14.5. The van der Waals surface area contributed by atoms with Crippen LogP contribution >= 0.6 is 0 Å². The van der Waals surface area contributed by atoms with Crippen LogP contribution in [0.1, 0.15) is 58.8 Å². The molecule has 0 amide bonds. The number of hydrogen-bond acceptors (Lipinski definition) is 6. The van der Waals surface area contributed by atoms with E-state index in [0.29, 0.717) is 30.6 Å². The second-order valence-corrected chi connectivity index (χ2v) is 29.9. The van der Waals surface area contributed by atoms with Gasteiger partial charge < -0.3 is 18.1 Å². The summed E-state index contributed by atoms with van der Waals surface area (Å²) < 4.78 is 21.1. The molecule has 40 heavy (non-hydrogen) atoms. The maximum Gasteiger partial charge on any atom is 0.184 e. The van der Waals surface area contributed by atoms with Crippen molar-refractivity contribution in [3.8, 4) is 0 Å². The fraction of sp³-hybridized carbons (Fsp3) is 0.871. The van der Waals surface area contributed by atoms with E-state index in [1.54, 1.807) is 7.11 Å². The molecule has 0 aromatic carbocycles. The Kier molecular flexibility index (Phi) is 8.76. The molecule has 9 heteroatoms. The van der Waals surface area contributed by atoms with Crippen molar-refractivity contribution in [1.82, 2.24) is 0 Å². The number of carbonyl (C=O) groups excluding carboxylic acids is 1. The third-order valence-corrected chi connectivity index (χ3v) is 13.2. The Labute approximate surface area is 247 Å². The van der Waals surface area contributed by atoms with Crippen LogP contribution in [0.2, 0.25) is 58.9 Å². The van der Waals surface area contributed by atoms with Crippen molar-refractivity contribution in [2.45, 2.75) is 129 Å². The van der Waals surface area contributed by atoms with Crippen LogP contribution in [0.25, 0.3) is 0 Å². The Morgan fingerprint density at radius 2 is 1.62 bits per heavy atom. The van der Waals surface area contributed by atoms with Gasteiger partial charge in [0.15, 0.2) is 25.0 Å². The first-order valence-electron chi connectivity index (χ1n) is 15.6. The first-order chi connectivity index (χ1) is 18.2. The molecule has 3 fully saturated rings. The number of Topliss-reactive ketones (excluding diaryl/α,β-unsaturated/α-hetero) is 1. The minimum absolute atomic E-state index is 0.0759. The Morgan fingerprint density at radius 1 is 0.950 bits per heavy atom. The minimum atomic E-state index is -2.01. The summed E-state index contributed by atoms with van der Waals surface area (Å²) in [5, 5.41) is 4.25. The van der Waals surface area contributed by atoms with Crippen LogP contribution in [0, 0.1) is 28.6 Å². The molecule has 0 aliphatic heterocycles. The molecule has 4 aliphatic carbocycles. The van der Waals surface area contributed by atoms with Crippen molar-refractivity contribution in [2.75, 3.05) is 13.7 Å². The van der Waals surface area contributed by atoms with Gasteiger partial charge in [-0.2, -0.15) is 0 Å². The van der Waals surface area contributed by atoms with Crippen molar-refractivity contribution in [3.63, 3.8) is 0 Å². The number of nitrogens with zero attached hydrogens (tertiary/aromatic N) is 1. The lowest BCUT2D eigenvalue weighted by molar-refractivity contribution is -0.176. The first kappa shape index (κ1) is 32.3. The SMILES string of the molecule is CO/N=C1/C=C2CC[C@@H]3[C@H](C(=O)C[C@@]4(C)[C@H]3CC[C@]4(O[Si](C)(C)C)[C@H](CO[Si](C)(C)C)O[Si](C)(C)C)[C@@]2(C)CC1. The van der Waals surface area contributed by atoms with E-state index in [-0.39, 0.29) is 22.9 Å². The zero-order chi connectivity index (χ0) is 29.9. The molecule has 228 valence electrons. The molecule has 0 spiro atoms. The quantitative estimate of drug-likeness (QED) is 0.198. The van der Waals surface area contributed by atoms with E-state index in [0.717, 1.165) is 44.2 Å². The number of hydrogen-bond donors (Lipinski definition) is 0. The van der Waals surface area contributed by atoms with Gasteiger partial charge >= 0.3 is 0 Å². The van der Waals surface area contributed by atoms with Crippen LogP contribution < -0.4 is 0 Å². The molecule has 0 saturated heterocycles. The van der Waals surface area contributed by atoms with E-state index >= 15 is 0 Å². The number of fused-ring (bicyclic) bond motifs is 5. The van der Waals surface area contributed by atoms with Gasteiger partial charge in [-0.05, 0) is 121 Å². The summed E-state index contributed by atoms with van der Waals surface area (Å²) in [4.78, 5) is 19.6. The third-order valence-electron chi connectivity index (χ3n) is 10.2. The molecule has 0 N–H and O–H groups in total. The summed E-state index contributed by atoms with van der Waals surface area (Å²) in [6.45, 7) is 25.8. The lowest BCUT2D eigenvalue weighted by Crippen LogP contribution is -2.66. The molecule has 4 rings (SSSR count). The van der Waals surface area contributed by atoms with Crippen LogP contribution in [0.15, 0.2) is 16.8 Å². The van der Waals surface area contributed by atoms with Crippen LogP contribution in [0.4, 0.5) is 0 Å². The Balaban J connectivity index is 1.77. The average Bonchev–Trinajstić information content (AvgIpc) is 3.06. The lowest BCUT2D eigenvalue weighted by atomic mass is 9.45. The molecule has 7 atom stereocenters. The summed E-state index contributed by atoms with van der Waals surface area (Å²) in [5.41, 5.74) is 1.55. The highest BCUT2D eigenvalue weighted by Gasteiger charge is 2.70. The number of allylic oxidation sites excluding steroid dienone is 2. The van der Waals surface area contributed by atoms with E-state index in [9.17, 15) is 4.79 Å². The summed E-state index contributed by atoms with van der Waals surface area (Å²) >= 11 is 0. The zero-order valence-corrected chi connectivity index (χ0v) is 30.5. The molecule has 0 aromatic heterocycles. The number of oxime groups is 1. The molecule has 0 unspecified atom stereocenters. The number of ketones is 1. The largest absolute Gasteiger partial charge is 0.415 e. The van der Waals surface area contributed by atoms with Gasteiger partial charge in [-0.3, -0.25) is 4.79 Å². The van der Waals surface area contributed by atoms with Gasteiger partial charge in [0.25, 0.3) is 0 Å². The summed E-state index contributed by atoms with van der Waals surface area (Å²) in [6.07, 6.45) is 8.64. The van der Waals surface area contributed by atoms with Crippen molar-refractivity contribution in [2.24, 2.45) is 33.7 Å². The van der Waals surface area contributed by atoms with E-state index < -0.39 is 30.6 Å². The normalized spacial score (nSPS) is 38.4. The van der Waals surface area contributed by atoms with Crippen molar-refractivity contribution >= 4 is 36.4 Å². The van der Waals surface area contributed by atoms with Gasteiger partial charge in [-0.25, -0.2) is 0 Å². The van der Waals surface area contributed by atoms with Gasteiger partial charge in [-0.1, -0.05) is 24.6 Å². The highest BCUT2D eigenvalue weighted by molar-refractivity contribution is 6.70. The molecule has 0 bridgehead atoms. The summed E-state index contributed by atoms with van der Waals surface area (Å²) in [5.74, 6) is 1.34.